The Balaban J connectivity index is 3.04. The van der Waals surface area contributed by atoms with Gasteiger partial charge >= 0.3 is 5.97 Å². The summed E-state index contributed by atoms with van der Waals surface area (Å²) in [6.07, 6.45) is 0.148. The summed E-state index contributed by atoms with van der Waals surface area (Å²) in [7, 11) is 4.53. The summed E-state index contributed by atoms with van der Waals surface area (Å²) in [5, 5.41) is 2.87. The van der Waals surface area contributed by atoms with E-state index in [1.165, 1.54) is 7.11 Å². The summed E-state index contributed by atoms with van der Waals surface area (Å²) in [4.78, 5) is 23.2. The summed E-state index contributed by atoms with van der Waals surface area (Å²) >= 11 is 0. The first-order valence-electron chi connectivity index (χ1n) is 8.48. The lowest BCUT2D eigenvalue weighted by Crippen LogP contribution is -2.30. The molecule has 1 amide bonds. The zero-order chi connectivity index (χ0) is 19.7. The maximum absolute atomic E-state index is 12.0. The van der Waals surface area contributed by atoms with E-state index in [1.807, 2.05) is 24.3 Å². The molecule has 144 valence electrons. The van der Waals surface area contributed by atoms with E-state index < -0.39 is 5.97 Å². The highest BCUT2D eigenvalue weighted by atomic mass is 16.5. The molecular weight excluding hydrogens is 334 g/mol. The number of amides is 1. The smallest absolute Gasteiger partial charge is 0.306 e. The summed E-state index contributed by atoms with van der Waals surface area (Å²) in [6, 6.07) is 7.58. The van der Waals surface area contributed by atoms with E-state index in [9.17, 15) is 9.59 Å². The van der Waals surface area contributed by atoms with Crippen molar-refractivity contribution in [2.45, 2.75) is 33.6 Å². The number of nitrogens with one attached hydrogen (secondary N) is 1. The molecule has 1 aromatic rings. The molecule has 0 atom stereocenters. The molecule has 6 nitrogen and oxygen atoms in total. The molecule has 0 bridgehead atoms. The molecule has 1 N–H and O–H groups in total. The van der Waals surface area contributed by atoms with Gasteiger partial charge in [-0.25, -0.2) is 0 Å². The van der Waals surface area contributed by atoms with Crippen molar-refractivity contribution in [3.8, 4) is 5.75 Å². The van der Waals surface area contributed by atoms with Gasteiger partial charge in [0.25, 0.3) is 0 Å². The van der Waals surface area contributed by atoms with Gasteiger partial charge in [0.15, 0.2) is 0 Å². The zero-order valence-corrected chi connectivity index (χ0v) is 16.5. The van der Waals surface area contributed by atoms with Crippen molar-refractivity contribution in [1.29, 1.82) is 0 Å². The molecule has 1 aromatic carbocycles. The molecule has 0 unspecified atom stereocenters. The molecule has 0 aliphatic heterocycles. The average Bonchev–Trinajstić information content (AvgIpc) is 2.61. The third-order valence-corrected chi connectivity index (χ3v) is 3.96. The Morgan fingerprint density at radius 2 is 1.73 bits per heavy atom. The van der Waals surface area contributed by atoms with Crippen LogP contribution in [0.15, 0.2) is 29.8 Å². The van der Waals surface area contributed by atoms with Crippen molar-refractivity contribution in [2.24, 2.45) is 5.41 Å². The Labute approximate surface area is 155 Å². The minimum absolute atomic E-state index is 0.0594. The number of hydrogen-bond donors (Lipinski definition) is 1. The van der Waals surface area contributed by atoms with Crippen LogP contribution in [0.3, 0.4) is 0 Å². The van der Waals surface area contributed by atoms with Crippen LogP contribution < -0.4 is 10.1 Å². The van der Waals surface area contributed by atoms with Crippen LogP contribution in [0.4, 0.5) is 0 Å². The first-order valence-corrected chi connectivity index (χ1v) is 8.48. The third kappa shape index (κ3) is 6.43. The lowest BCUT2D eigenvalue weighted by atomic mass is 9.84. The first-order chi connectivity index (χ1) is 12.2. The van der Waals surface area contributed by atoms with Gasteiger partial charge in [-0.2, -0.15) is 0 Å². The maximum Gasteiger partial charge on any atom is 0.306 e. The number of hydrogen-bond acceptors (Lipinski definition) is 5. The van der Waals surface area contributed by atoms with Crippen molar-refractivity contribution in [1.82, 2.24) is 5.32 Å². The van der Waals surface area contributed by atoms with Crippen molar-refractivity contribution in [3.05, 3.63) is 35.4 Å². The minimum Gasteiger partial charge on any atom is -0.497 e. The molecule has 0 fully saturated rings. The van der Waals surface area contributed by atoms with Crippen LogP contribution >= 0.6 is 0 Å². The molecule has 0 spiro atoms. The van der Waals surface area contributed by atoms with E-state index in [2.05, 4.69) is 30.8 Å². The molecule has 6 heteroatoms. The molecule has 0 aliphatic carbocycles. The molecule has 0 aliphatic rings. The monoisotopic (exact) mass is 363 g/mol. The number of carbonyl (C=O) groups is 2. The van der Waals surface area contributed by atoms with Crippen molar-refractivity contribution in [2.75, 3.05) is 27.9 Å². The van der Waals surface area contributed by atoms with Crippen molar-refractivity contribution < 1.29 is 23.8 Å². The Kier molecular flexibility index (Phi) is 8.16. The van der Waals surface area contributed by atoms with Crippen LogP contribution in [0, 0.1) is 5.41 Å². The topological polar surface area (TPSA) is 73.9 Å². The van der Waals surface area contributed by atoms with Crippen LogP contribution in [0.1, 0.15) is 39.2 Å². The maximum atomic E-state index is 12.0. The Morgan fingerprint density at radius 1 is 1.04 bits per heavy atom. The van der Waals surface area contributed by atoms with Gasteiger partial charge in [-0.15, -0.1) is 0 Å². The number of carbonyl (C=O) groups excluding carboxylic acids is 2. The van der Waals surface area contributed by atoms with Gasteiger partial charge in [0.05, 0.1) is 27.8 Å². The molecule has 0 saturated heterocycles. The lowest BCUT2D eigenvalue weighted by molar-refractivity contribution is -0.142. The Bertz CT molecular complexity index is 658. The van der Waals surface area contributed by atoms with E-state index in [0.717, 1.165) is 16.9 Å². The largest absolute Gasteiger partial charge is 0.497 e. The van der Waals surface area contributed by atoms with Crippen molar-refractivity contribution in [3.63, 3.8) is 0 Å². The lowest BCUT2D eigenvalue weighted by Gasteiger charge is -2.27. The second kappa shape index (κ2) is 9.85. The van der Waals surface area contributed by atoms with Crippen LogP contribution in [0.25, 0.3) is 5.76 Å². The molecule has 0 radical (unpaired) electrons. The number of methoxy groups -OCH3 is 3. The molecular formula is C20H29NO5. The Hall–Kier alpha value is -2.50. The standard InChI is InChI=1S/C20H29NO5/c1-20(2,3)16(13-21-17(22)10-11-18(23)25-5)19(26-6)14-8-7-9-15(12-14)24-4/h7-9,12H,10-11,13H2,1-6H3,(H,21,22)/b19-16-. The SMILES string of the molecule is COC(=O)CCC(=O)NC/C(=C(/OC)c1cccc(OC)c1)C(C)(C)C. The van der Waals surface area contributed by atoms with Crippen molar-refractivity contribution >= 4 is 17.6 Å². The highest BCUT2D eigenvalue weighted by molar-refractivity contribution is 5.81. The molecule has 0 saturated carbocycles. The summed E-state index contributed by atoms with van der Waals surface area (Å²) in [5.74, 6) is 0.816. The second-order valence-electron chi connectivity index (χ2n) is 6.85. The molecule has 26 heavy (non-hydrogen) atoms. The fraction of sp³-hybridized carbons (Fsp3) is 0.500. The minimum atomic E-state index is -0.402. The van der Waals surface area contributed by atoms with Gasteiger partial charge in [-0.1, -0.05) is 32.9 Å². The normalized spacial score (nSPS) is 12.1. The molecule has 0 heterocycles. The number of esters is 1. The van der Waals surface area contributed by atoms with Crippen LogP contribution in [0.2, 0.25) is 0 Å². The average molecular weight is 363 g/mol. The summed E-state index contributed by atoms with van der Waals surface area (Å²) in [5.41, 5.74) is 1.59. The fourth-order valence-electron chi connectivity index (χ4n) is 2.46. The summed E-state index contributed by atoms with van der Waals surface area (Å²) < 4.78 is 15.5. The van der Waals surface area contributed by atoms with Gasteiger partial charge in [-0.3, -0.25) is 9.59 Å². The first kappa shape index (κ1) is 21.5. The van der Waals surface area contributed by atoms with Gasteiger partial charge in [-0.05, 0) is 23.1 Å². The van der Waals surface area contributed by atoms with E-state index in [1.54, 1.807) is 14.2 Å². The van der Waals surface area contributed by atoms with E-state index in [0.29, 0.717) is 12.3 Å². The predicted octanol–water partition coefficient (Wildman–Crippen LogP) is 3.17. The summed E-state index contributed by atoms with van der Waals surface area (Å²) in [6.45, 7) is 6.50. The van der Waals surface area contributed by atoms with Crippen LogP contribution in [-0.2, 0) is 19.1 Å². The van der Waals surface area contributed by atoms with Crippen LogP contribution in [-0.4, -0.2) is 39.8 Å². The van der Waals surface area contributed by atoms with E-state index in [-0.39, 0.29) is 24.2 Å². The Morgan fingerprint density at radius 3 is 2.27 bits per heavy atom. The van der Waals surface area contributed by atoms with Gasteiger partial charge < -0.3 is 19.5 Å². The molecule has 1 rings (SSSR count). The fourth-order valence-corrected chi connectivity index (χ4v) is 2.46. The third-order valence-electron chi connectivity index (χ3n) is 3.96. The van der Waals surface area contributed by atoms with Gasteiger partial charge in [0.2, 0.25) is 5.91 Å². The highest BCUT2D eigenvalue weighted by Crippen LogP contribution is 2.33. The number of rotatable bonds is 8. The number of ether oxygens (including phenoxy) is 3. The van der Waals surface area contributed by atoms with Gasteiger partial charge in [0, 0.05) is 18.5 Å². The highest BCUT2D eigenvalue weighted by Gasteiger charge is 2.24. The predicted molar refractivity (Wildman–Crippen MR) is 101 cm³/mol. The van der Waals surface area contributed by atoms with Crippen LogP contribution in [0.5, 0.6) is 5.75 Å². The second-order valence-corrected chi connectivity index (χ2v) is 6.85. The van der Waals surface area contributed by atoms with E-state index in [4.69, 9.17) is 9.47 Å². The van der Waals surface area contributed by atoms with Gasteiger partial charge in [0.1, 0.15) is 11.5 Å². The molecule has 0 aromatic heterocycles. The van der Waals surface area contributed by atoms with E-state index >= 15 is 0 Å². The quantitative estimate of drug-likeness (QED) is 0.567. The zero-order valence-electron chi connectivity index (χ0n) is 16.5. The number of benzene rings is 1.